The molecule has 3 aliphatic heterocycles. The molecule has 4 N–H and O–H groups in total. The number of carboxylic acid groups (broad SMARTS) is 1. The van der Waals surface area contributed by atoms with E-state index < -0.39 is 18.0 Å². The van der Waals surface area contributed by atoms with Crippen molar-refractivity contribution in [3.63, 3.8) is 0 Å². The van der Waals surface area contributed by atoms with Crippen LogP contribution >= 0.6 is 11.8 Å². The molecule has 0 bridgehead atoms. The van der Waals surface area contributed by atoms with Crippen molar-refractivity contribution in [3.05, 3.63) is 28.6 Å². The molecule has 3 aliphatic rings. The zero-order chi connectivity index (χ0) is 22.4. The van der Waals surface area contributed by atoms with Gasteiger partial charge in [-0.1, -0.05) is 6.92 Å². The van der Waals surface area contributed by atoms with Gasteiger partial charge in [-0.05, 0) is 13.3 Å². The van der Waals surface area contributed by atoms with Crippen LogP contribution in [0, 0.1) is 11.8 Å². The Morgan fingerprint density at radius 3 is 2.84 bits per heavy atom. The molecule has 2 saturated heterocycles. The fourth-order valence-corrected chi connectivity index (χ4v) is 6.73. The summed E-state index contributed by atoms with van der Waals surface area (Å²) in [5, 5.41) is 32.7. The predicted octanol–water partition coefficient (Wildman–Crippen LogP) is -0.535. The number of carbonyl (C=O) groups is 2. The van der Waals surface area contributed by atoms with E-state index in [1.54, 1.807) is 18.7 Å². The number of nitrogens with one attached hydrogen (secondary N) is 1. The minimum Gasteiger partial charge on any atom is -0.477 e. The number of carbonyl (C=O) groups excluding carboxylic acids is 1. The molecule has 0 spiro atoms. The summed E-state index contributed by atoms with van der Waals surface area (Å²) in [7, 11) is 1.98. The number of β-lactam (4-membered cyclic amide) rings is 1. The lowest BCUT2D eigenvalue weighted by Gasteiger charge is -2.46. The van der Waals surface area contributed by atoms with Crippen LogP contribution in [-0.4, -0.2) is 73.4 Å². The molecule has 6 atom stereocenters. The Hall–Kier alpha value is -1.88. The molecule has 0 unspecified atom stereocenters. The molecule has 2 fully saturated rings. The number of hydrogen-bond donors (Lipinski definition) is 4. The molecule has 0 aliphatic carbocycles. The highest BCUT2D eigenvalue weighted by molar-refractivity contribution is 8.03. The fourth-order valence-electron chi connectivity index (χ4n) is 5.21. The first-order valence-corrected chi connectivity index (χ1v) is 11.7. The van der Waals surface area contributed by atoms with Gasteiger partial charge in [0, 0.05) is 41.1 Å². The highest BCUT2D eigenvalue weighted by Gasteiger charge is 2.60. The maximum Gasteiger partial charge on any atom is 0.353 e. The SMILES string of the molecule is C[C@@H](O)[C@H]1C(=O)N2C(C(=O)O)=C(S[C@@H]3CN[C@H](Cc4cc[n+](CCO)n4C)C3)[C@H](C)[C@H]12. The summed E-state index contributed by atoms with van der Waals surface area (Å²) in [6.45, 7) is 4.98. The van der Waals surface area contributed by atoms with Gasteiger partial charge in [0.1, 0.15) is 12.3 Å². The molecule has 0 aromatic carbocycles. The second kappa shape index (κ2) is 8.57. The zero-order valence-electron chi connectivity index (χ0n) is 18.1. The third kappa shape index (κ3) is 3.79. The Labute approximate surface area is 185 Å². The predicted molar refractivity (Wildman–Crippen MR) is 114 cm³/mol. The van der Waals surface area contributed by atoms with Crippen molar-refractivity contribution in [3.8, 4) is 0 Å². The van der Waals surface area contributed by atoms with E-state index in [4.69, 9.17) is 5.11 Å². The number of aliphatic carboxylic acids is 1. The van der Waals surface area contributed by atoms with Crippen molar-refractivity contribution < 1.29 is 29.6 Å². The standard InChI is InChI=1S/C21H30N4O5S/c1-11-17-16(12(2)27)20(28)25(17)18(21(29)30)19(11)31-15-9-13(22-10-15)8-14-4-5-24(6-7-26)23(14)3/h4-5,11-13,15-17,22,26-27H,6-10H2,1-3H3/p+1/t11-,12-,13-,15+,16-,17-/m1/s1. The van der Waals surface area contributed by atoms with Gasteiger partial charge < -0.3 is 25.5 Å². The van der Waals surface area contributed by atoms with Gasteiger partial charge in [-0.15, -0.1) is 16.4 Å². The van der Waals surface area contributed by atoms with Gasteiger partial charge in [0.15, 0.2) is 12.7 Å². The molecule has 4 rings (SSSR count). The molecule has 1 aromatic rings. The summed E-state index contributed by atoms with van der Waals surface area (Å²) in [6, 6.07) is 2.08. The van der Waals surface area contributed by atoms with Crippen molar-refractivity contribution in [1.29, 1.82) is 0 Å². The number of aliphatic hydroxyl groups is 2. The van der Waals surface area contributed by atoms with E-state index in [-0.39, 0.29) is 41.5 Å². The van der Waals surface area contributed by atoms with Crippen LogP contribution in [0.2, 0.25) is 0 Å². The Kier molecular flexibility index (Phi) is 6.17. The topological polar surface area (TPSA) is 119 Å². The molecule has 0 radical (unpaired) electrons. The molecule has 9 nitrogen and oxygen atoms in total. The van der Waals surface area contributed by atoms with Crippen molar-refractivity contribution in [1.82, 2.24) is 14.9 Å². The van der Waals surface area contributed by atoms with E-state index in [1.807, 2.05) is 24.9 Å². The number of nitrogens with zero attached hydrogens (tertiary/aromatic N) is 3. The monoisotopic (exact) mass is 451 g/mol. The largest absolute Gasteiger partial charge is 0.477 e. The number of aromatic nitrogens is 2. The Balaban J connectivity index is 1.44. The maximum absolute atomic E-state index is 12.5. The third-order valence-electron chi connectivity index (χ3n) is 6.81. The smallest absolute Gasteiger partial charge is 0.353 e. The molecule has 170 valence electrons. The van der Waals surface area contributed by atoms with Crippen LogP contribution in [0.3, 0.4) is 0 Å². The highest BCUT2D eigenvalue weighted by Crippen LogP contribution is 2.51. The van der Waals surface area contributed by atoms with Crippen molar-refractivity contribution in [2.75, 3.05) is 13.2 Å². The first-order chi connectivity index (χ1) is 14.7. The summed E-state index contributed by atoms with van der Waals surface area (Å²) < 4.78 is 4.02. The number of hydrogen-bond acceptors (Lipinski definition) is 6. The normalized spacial score (nSPS) is 31.2. The van der Waals surface area contributed by atoms with Gasteiger partial charge in [0.05, 0.1) is 30.8 Å². The van der Waals surface area contributed by atoms with Gasteiger partial charge in [0.25, 0.3) is 0 Å². The minimum atomic E-state index is -1.08. The van der Waals surface area contributed by atoms with Crippen LogP contribution in [0.5, 0.6) is 0 Å². The van der Waals surface area contributed by atoms with E-state index in [0.29, 0.717) is 6.54 Å². The summed E-state index contributed by atoms with van der Waals surface area (Å²) in [5.41, 5.74) is 1.27. The number of carboxylic acids is 1. The van der Waals surface area contributed by atoms with Gasteiger partial charge in [-0.25, -0.2) is 4.79 Å². The maximum atomic E-state index is 12.5. The lowest BCUT2D eigenvalue weighted by atomic mass is 9.79. The quantitative estimate of drug-likeness (QED) is 0.310. The van der Waals surface area contributed by atoms with Crippen molar-refractivity contribution in [2.24, 2.45) is 18.9 Å². The first kappa shape index (κ1) is 22.3. The van der Waals surface area contributed by atoms with Crippen molar-refractivity contribution >= 4 is 23.6 Å². The van der Waals surface area contributed by atoms with Crippen LogP contribution in [0.25, 0.3) is 0 Å². The molecule has 4 heterocycles. The number of rotatable bonds is 8. The summed E-state index contributed by atoms with van der Waals surface area (Å²) >= 11 is 1.57. The van der Waals surface area contributed by atoms with Crippen LogP contribution < -0.4 is 10.00 Å². The van der Waals surface area contributed by atoms with E-state index in [0.717, 1.165) is 24.3 Å². The van der Waals surface area contributed by atoms with Crippen LogP contribution in [-0.2, 0) is 29.6 Å². The Morgan fingerprint density at radius 1 is 1.45 bits per heavy atom. The first-order valence-electron chi connectivity index (χ1n) is 10.8. The molecule has 31 heavy (non-hydrogen) atoms. The van der Waals surface area contributed by atoms with E-state index in [2.05, 4.69) is 16.1 Å². The summed E-state index contributed by atoms with van der Waals surface area (Å²) in [4.78, 5) is 26.6. The average Bonchev–Trinajstić information content (AvgIpc) is 3.35. The summed E-state index contributed by atoms with van der Waals surface area (Å²) in [5.74, 6) is -1.99. The lowest BCUT2D eigenvalue weighted by Crippen LogP contribution is -2.63. The van der Waals surface area contributed by atoms with Gasteiger partial charge in [-0.2, -0.15) is 4.68 Å². The van der Waals surface area contributed by atoms with E-state index in [9.17, 15) is 19.8 Å². The van der Waals surface area contributed by atoms with Crippen LogP contribution in [0.15, 0.2) is 22.9 Å². The number of fused-ring (bicyclic) bond motifs is 1. The molecule has 10 heteroatoms. The van der Waals surface area contributed by atoms with Gasteiger partial charge in [0.2, 0.25) is 5.91 Å². The number of thioether (sulfide) groups is 1. The van der Waals surface area contributed by atoms with Gasteiger partial charge in [-0.3, -0.25) is 4.79 Å². The Bertz CT molecular complexity index is 914. The molecule has 1 aromatic heterocycles. The van der Waals surface area contributed by atoms with Crippen molar-refractivity contribution in [2.45, 2.75) is 56.7 Å². The van der Waals surface area contributed by atoms with E-state index in [1.165, 1.54) is 10.6 Å². The zero-order valence-corrected chi connectivity index (χ0v) is 18.9. The Morgan fingerprint density at radius 2 is 2.19 bits per heavy atom. The number of aliphatic hydroxyl groups excluding tert-OH is 2. The second-order valence-electron chi connectivity index (χ2n) is 8.77. The fraction of sp³-hybridized carbons (Fsp3) is 0.667. The van der Waals surface area contributed by atoms with Gasteiger partial charge >= 0.3 is 5.97 Å². The highest BCUT2D eigenvalue weighted by atomic mass is 32.2. The lowest BCUT2D eigenvalue weighted by molar-refractivity contribution is -0.774. The average molecular weight is 452 g/mol. The molecule has 1 amide bonds. The molecular weight excluding hydrogens is 420 g/mol. The molecular formula is C21H31N4O5S+. The van der Waals surface area contributed by atoms with E-state index >= 15 is 0 Å². The minimum absolute atomic E-state index is 0.0952. The van der Waals surface area contributed by atoms with Crippen LogP contribution in [0.4, 0.5) is 0 Å². The summed E-state index contributed by atoms with van der Waals surface area (Å²) in [6.07, 6.45) is 2.93. The molecule has 0 saturated carbocycles. The number of amides is 1. The second-order valence-corrected chi connectivity index (χ2v) is 10.1. The third-order valence-corrected chi connectivity index (χ3v) is 8.32. The van der Waals surface area contributed by atoms with Crippen LogP contribution in [0.1, 0.15) is 26.0 Å².